The first-order chi connectivity index (χ1) is 7.19. The molecule has 1 rings (SSSR count). The number of nitrogens with zero attached hydrogens (tertiary/aromatic N) is 1. The van der Waals surface area contributed by atoms with E-state index in [0.717, 1.165) is 12.5 Å². The molecule has 1 heterocycles. The lowest BCUT2D eigenvalue weighted by atomic mass is 9.81. The maximum Gasteiger partial charge on any atom is 0.0109 e. The molecule has 0 radical (unpaired) electrons. The molecule has 0 amide bonds. The molecule has 1 aliphatic heterocycles. The minimum atomic E-state index is 0.385. The normalized spacial score (nSPS) is 24.0. The molecular formula is C12H27N3. The van der Waals surface area contributed by atoms with Crippen molar-refractivity contribution in [3.63, 3.8) is 0 Å². The summed E-state index contributed by atoms with van der Waals surface area (Å²) in [4.78, 5) is 2.41. The van der Waals surface area contributed by atoms with Crippen LogP contribution in [-0.4, -0.2) is 44.7 Å². The molecule has 15 heavy (non-hydrogen) atoms. The molecule has 1 aliphatic rings. The zero-order valence-corrected chi connectivity index (χ0v) is 10.5. The molecular weight excluding hydrogens is 186 g/mol. The summed E-state index contributed by atoms with van der Waals surface area (Å²) >= 11 is 0. The summed E-state index contributed by atoms with van der Waals surface area (Å²) in [7, 11) is 4.22. The van der Waals surface area contributed by atoms with Crippen LogP contribution < -0.4 is 11.1 Å². The first-order valence-corrected chi connectivity index (χ1v) is 6.27. The van der Waals surface area contributed by atoms with Gasteiger partial charge >= 0.3 is 0 Å². The zero-order valence-electron chi connectivity index (χ0n) is 10.5. The van der Waals surface area contributed by atoms with Crippen molar-refractivity contribution >= 4 is 0 Å². The molecule has 0 bridgehead atoms. The molecule has 1 saturated heterocycles. The first-order valence-electron chi connectivity index (χ1n) is 6.27. The highest BCUT2D eigenvalue weighted by Gasteiger charge is 2.27. The van der Waals surface area contributed by atoms with Gasteiger partial charge in [0.2, 0.25) is 0 Å². The van der Waals surface area contributed by atoms with E-state index in [2.05, 4.69) is 24.2 Å². The number of nitrogens with two attached hydrogens (primary N) is 1. The van der Waals surface area contributed by atoms with Crippen LogP contribution in [0.5, 0.6) is 0 Å². The van der Waals surface area contributed by atoms with E-state index in [1.54, 1.807) is 0 Å². The molecule has 3 heteroatoms. The Morgan fingerprint density at radius 2 is 2.00 bits per heavy atom. The van der Waals surface area contributed by atoms with Crippen LogP contribution in [0.3, 0.4) is 0 Å². The van der Waals surface area contributed by atoms with E-state index in [0.29, 0.717) is 12.0 Å². The average molecular weight is 213 g/mol. The second kappa shape index (κ2) is 6.46. The summed E-state index contributed by atoms with van der Waals surface area (Å²) in [6.07, 6.45) is 3.74. The van der Waals surface area contributed by atoms with E-state index in [9.17, 15) is 0 Å². The quantitative estimate of drug-likeness (QED) is 0.713. The van der Waals surface area contributed by atoms with E-state index < -0.39 is 0 Å². The van der Waals surface area contributed by atoms with Crippen LogP contribution in [0.15, 0.2) is 0 Å². The Bertz CT molecular complexity index is 164. The van der Waals surface area contributed by atoms with Crippen molar-refractivity contribution in [2.45, 2.75) is 32.2 Å². The van der Waals surface area contributed by atoms with E-state index in [-0.39, 0.29) is 0 Å². The SMILES string of the molecule is CCC(CNC)C(N)C1CCN(C)CC1. The summed E-state index contributed by atoms with van der Waals surface area (Å²) in [5.74, 6) is 1.38. The second-order valence-electron chi connectivity index (χ2n) is 4.94. The summed E-state index contributed by atoms with van der Waals surface area (Å²) in [5.41, 5.74) is 6.38. The molecule has 0 aromatic heterocycles. The fourth-order valence-electron chi connectivity index (χ4n) is 2.61. The van der Waals surface area contributed by atoms with Gasteiger partial charge in [0, 0.05) is 6.04 Å². The average Bonchev–Trinajstić information content (AvgIpc) is 2.26. The predicted octanol–water partition coefficient (Wildman–Crippen LogP) is 0.901. The Morgan fingerprint density at radius 1 is 1.40 bits per heavy atom. The van der Waals surface area contributed by atoms with Crippen molar-refractivity contribution in [2.75, 3.05) is 33.7 Å². The Balaban J connectivity index is 2.40. The fourth-order valence-corrected chi connectivity index (χ4v) is 2.61. The zero-order chi connectivity index (χ0) is 11.3. The molecule has 3 nitrogen and oxygen atoms in total. The molecule has 0 aromatic carbocycles. The molecule has 2 unspecified atom stereocenters. The monoisotopic (exact) mass is 213 g/mol. The maximum atomic E-state index is 6.38. The number of nitrogens with one attached hydrogen (secondary N) is 1. The number of likely N-dealkylation sites (tertiary alicyclic amines) is 1. The number of hydrogen-bond donors (Lipinski definition) is 2. The first kappa shape index (κ1) is 12.9. The Morgan fingerprint density at radius 3 is 2.47 bits per heavy atom. The van der Waals surface area contributed by atoms with Crippen LogP contribution in [0.1, 0.15) is 26.2 Å². The lowest BCUT2D eigenvalue weighted by Gasteiger charge is -2.36. The topological polar surface area (TPSA) is 41.3 Å². The minimum absolute atomic E-state index is 0.385. The van der Waals surface area contributed by atoms with Crippen molar-refractivity contribution in [1.82, 2.24) is 10.2 Å². The van der Waals surface area contributed by atoms with Crippen molar-refractivity contribution < 1.29 is 0 Å². The summed E-state index contributed by atoms with van der Waals surface area (Å²) in [6.45, 7) is 5.74. The van der Waals surface area contributed by atoms with Gasteiger partial charge in [-0.15, -0.1) is 0 Å². The molecule has 0 aliphatic carbocycles. The van der Waals surface area contributed by atoms with Gasteiger partial charge in [-0.3, -0.25) is 0 Å². The van der Waals surface area contributed by atoms with Crippen molar-refractivity contribution in [2.24, 2.45) is 17.6 Å². The van der Waals surface area contributed by atoms with Gasteiger partial charge < -0.3 is 16.0 Å². The molecule has 0 aromatic rings. The highest BCUT2D eigenvalue weighted by Crippen LogP contribution is 2.24. The minimum Gasteiger partial charge on any atom is -0.327 e. The van der Waals surface area contributed by atoms with E-state index in [1.165, 1.54) is 32.4 Å². The summed E-state index contributed by atoms with van der Waals surface area (Å²) in [5, 5.41) is 3.26. The maximum absolute atomic E-state index is 6.38. The second-order valence-corrected chi connectivity index (χ2v) is 4.94. The highest BCUT2D eigenvalue weighted by molar-refractivity contribution is 4.84. The van der Waals surface area contributed by atoms with Gasteiger partial charge in [-0.05, 0) is 58.4 Å². The molecule has 1 fully saturated rings. The van der Waals surface area contributed by atoms with E-state index in [4.69, 9.17) is 5.73 Å². The van der Waals surface area contributed by atoms with Gasteiger partial charge in [0.1, 0.15) is 0 Å². The van der Waals surface area contributed by atoms with Crippen LogP contribution in [0, 0.1) is 11.8 Å². The van der Waals surface area contributed by atoms with E-state index >= 15 is 0 Å². The Labute approximate surface area is 94.4 Å². The van der Waals surface area contributed by atoms with Crippen molar-refractivity contribution in [3.05, 3.63) is 0 Å². The van der Waals surface area contributed by atoms with Gasteiger partial charge in [-0.2, -0.15) is 0 Å². The third kappa shape index (κ3) is 3.74. The molecule has 90 valence electrons. The lowest BCUT2D eigenvalue weighted by Crippen LogP contribution is -2.45. The molecule has 3 N–H and O–H groups in total. The van der Waals surface area contributed by atoms with Gasteiger partial charge in [0.05, 0.1) is 0 Å². The van der Waals surface area contributed by atoms with Crippen LogP contribution in [0.2, 0.25) is 0 Å². The van der Waals surface area contributed by atoms with E-state index in [1.807, 2.05) is 7.05 Å². The third-order valence-corrected chi connectivity index (χ3v) is 3.84. The number of piperidine rings is 1. The summed E-state index contributed by atoms with van der Waals surface area (Å²) < 4.78 is 0. The highest BCUT2D eigenvalue weighted by atomic mass is 15.1. The lowest BCUT2D eigenvalue weighted by molar-refractivity contribution is 0.171. The van der Waals surface area contributed by atoms with Crippen LogP contribution in [-0.2, 0) is 0 Å². The number of rotatable bonds is 5. The van der Waals surface area contributed by atoms with Crippen LogP contribution >= 0.6 is 0 Å². The fraction of sp³-hybridized carbons (Fsp3) is 1.00. The van der Waals surface area contributed by atoms with Gasteiger partial charge in [0.25, 0.3) is 0 Å². The van der Waals surface area contributed by atoms with Crippen LogP contribution in [0.25, 0.3) is 0 Å². The Hall–Kier alpha value is -0.120. The van der Waals surface area contributed by atoms with Crippen LogP contribution in [0.4, 0.5) is 0 Å². The smallest absolute Gasteiger partial charge is 0.0109 e. The molecule has 0 spiro atoms. The van der Waals surface area contributed by atoms with Gasteiger partial charge in [-0.25, -0.2) is 0 Å². The molecule has 2 atom stereocenters. The van der Waals surface area contributed by atoms with Gasteiger partial charge in [-0.1, -0.05) is 13.3 Å². The third-order valence-electron chi connectivity index (χ3n) is 3.84. The van der Waals surface area contributed by atoms with Crippen molar-refractivity contribution in [3.8, 4) is 0 Å². The largest absolute Gasteiger partial charge is 0.327 e. The molecule has 0 saturated carbocycles. The Kier molecular flexibility index (Phi) is 5.58. The van der Waals surface area contributed by atoms with Crippen molar-refractivity contribution in [1.29, 1.82) is 0 Å². The predicted molar refractivity (Wildman–Crippen MR) is 65.9 cm³/mol. The summed E-state index contributed by atoms with van der Waals surface area (Å²) in [6, 6.07) is 0.385. The van der Waals surface area contributed by atoms with Gasteiger partial charge in [0.15, 0.2) is 0 Å². The standard InChI is InChI=1S/C12H27N3/c1-4-10(9-14-2)12(13)11-5-7-15(3)8-6-11/h10-12,14H,4-9,13H2,1-3H3. The number of hydrogen-bond acceptors (Lipinski definition) is 3.